The molecule has 1 fully saturated rings. The number of aryl methyl sites for hydroxylation is 1. The van der Waals surface area contributed by atoms with Gasteiger partial charge in [0.05, 0.1) is 7.11 Å². The standard InChI is InChI=1S/C15H23NO/c1-11-7-6-10-13(15(11)17-2)14(16)12-8-4-3-5-9-12/h6-7,10,12,14H,3-5,8-9,16H2,1-2H3. The quantitative estimate of drug-likeness (QED) is 0.866. The molecule has 1 aromatic carbocycles. The zero-order valence-electron chi connectivity index (χ0n) is 10.9. The van der Waals surface area contributed by atoms with Gasteiger partial charge in [-0.3, -0.25) is 0 Å². The second-order valence-corrected chi connectivity index (χ2v) is 5.12. The van der Waals surface area contributed by atoms with E-state index in [4.69, 9.17) is 10.5 Å². The van der Waals surface area contributed by atoms with Crippen LogP contribution in [0.1, 0.15) is 49.3 Å². The van der Waals surface area contributed by atoms with E-state index < -0.39 is 0 Å². The fourth-order valence-corrected chi connectivity index (χ4v) is 2.96. The molecule has 0 aliphatic heterocycles. The molecule has 1 atom stereocenters. The Hall–Kier alpha value is -1.02. The molecule has 0 bridgehead atoms. The minimum atomic E-state index is 0.130. The van der Waals surface area contributed by atoms with Gasteiger partial charge in [0.1, 0.15) is 5.75 Å². The molecule has 0 radical (unpaired) electrons. The summed E-state index contributed by atoms with van der Waals surface area (Å²) >= 11 is 0. The molecule has 0 saturated heterocycles. The van der Waals surface area contributed by atoms with E-state index in [1.165, 1.54) is 43.2 Å². The van der Waals surface area contributed by atoms with Crippen molar-refractivity contribution >= 4 is 0 Å². The van der Waals surface area contributed by atoms with Crippen molar-refractivity contribution in [2.24, 2.45) is 11.7 Å². The summed E-state index contributed by atoms with van der Waals surface area (Å²) in [4.78, 5) is 0. The second-order valence-electron chi connectivity index (χ2n) is 5.12. The van der Waals surface area contributed by atoms with Crippen molar-refractivity contribution in [2.45, 2.75) is 45.1 Å². The highest BCUT2D eigenvalue weighted by atomic mass is 16.5. The number of nitrogens with two attached hydrogens (primary N) is 1. The molecule has 0 amide bonds. The van der Waals surface area contributed by atoms with Crippen molar-refractivity contribution in [1.82, 2.24) is 0 Å². The van der Waals surface area contributed by atoms with E-state index in [9.17, 15) is 0 Å². The maximum atomic E-state index is 6.44. The number of hydrogen-bond acceptors (Lipinski definition) is 2. The molecule has 94 valence electrons. The summed E-state index contributed by atoms with van der Waals surface area (Å²) < 4.78 is 5.51. The first-order valence-corrected chi connectivity index (χ1v) is 6.63. The lowest BCUT2D eigenvalue weighted by molar-refractivity contribution is 0.301. The van der Waals surface area contributed by atoms with Crippen LogP contribution in [0.5, 0.6) is 5.75 Å². The molecule has 17 heavy (non-hydrogen) atoms. The summed E-state index contributed by atoms with van der Waals surface area (Å²) in [5.41, 5.74) is 8.79. The zero-order valence-corrected chi connectivity index (χ0v) is 10.9. The van der Waals surface area contributed by atoms with Crippen molar-refractivity contribution < 1.29 is 4.74 Å². The van der Waals surface area contributed by atoms with Gasteiger partial charge in [-0.2, -0.15) is 0 Å². The van der Waals surface area contributed by atoms with E-state index in [1.807, 2.05) is 0 Å². The fourth-order valence-electron chi connectivity index (χ4n) is 2.96. The Labute approximate surface area is 104 Å². The van der Waals surface area contributed by atoms with E-state index in [1.54, 1.807) is 7.11 Å². The highest BCUT2D eigenvalue weighted by molar-refractivity contribution is 5.42. The first-order chi connectivity index (χ1) is 8.24. The van der Waals surface area contributed by atoms with E-state index in [0.29, 0.717) is 5.92 Å². The minimum absolute atomic E-state index is 0.130. The van der Waals surface area contributed by atoms with E-state index in [-0.39, 0.29) is 6.04 Å². The molecule has 1 unspecified atom stereocenters. The van der Waals surface area contributed by atoms with Gasteiger partial charge in [0.2, 0.25) is 0 Å². The predicted octanol–water partition coefficient (Wildman–Crippen LogP) is 3.58. The number of hydrogen-bond donors (Lipinski definition) is 1. The maximum Gasteiger partial charge on any atom is 0.126 e. The van der Waals surface area contributed by atoms with Crippen LogP contribution in [0.2, 0.25) is 0 Å². The number of benzene rings is 1. The number of methoxy groups -OCH3 is 1. The monoisotopic (exact) mass is 233 g/mol. The fraction of sp³-hybridized carbons (Fsp3) is 0.600. The third kappa shape index (κ3) is 2.63. The molecule has 1 saturated carbocycles. The smallest absolute Gasteiger partial charge is 0.126 e. The van der Waals surface area contributed by atoms with Gasteiger partial charge in [-0.25, -0.2) is 0 Å². The third-order valence-corrected chi connectivity index (χ3v) is 3.96. The molecular formula is C15H23NO. The molecule has 2 rings (SSSR count). The summed E-state index contributed by atoms with van der Waals surface area (Å²) in [6.45, 7) is 2.08. The first-order valence-electron chi connectivity index (χ1n) is 6.63. The molecule has 0 aromatic heterocycles. The molecule has 0 spiro atoms. The molecule has 2 N–H and O–H groups in total. The van der Waals surface area contributed by atoms with Gasteiger partial charge in [-0.05, 0) is 31.2 Å². The van der Waals surface area contributed by atoms with E-state index in [0.717, 1.165) is 5.75 Å². The Kier molecular flexibility index (Phi) is 4.06. The van der Waals surface area contributed by atoms with Crippen LogP contribution in [0.25, 0.3) is 0 Å². The average molecular weight is 233 g/mol. The first kappa shape index (κ1) is 12.4. The third-order valence-electron chi connectivity index (χ3n) is 3.96. The van der Waals surface area contributed by atoms with Gasteiger partial charge in [0, 0.05) is 11.6 Å². The number of ether oxygens (including phenoxy) is 1. The van der Waals surface area contributed by atoms with Crippen LogP contribution in [-0.2, 0) is 0 Å². The van der Waals surface area contributed by atoms with E-state index >= 15 is 0 Å². The normalized spacial score (nSPS) is 19.0. The molecule has 2 heteroatoms. The van der Waals surface area contributed by atoms with Crippen molar-refractivity contribution in [1.29, 1.82) is 0 Å². The lowest BCUT2D eigenvalue weighted by Crippen LogP contribution is -2.24. The van der Waals surface area contributed by atoms with Crippen LogP contribution >= 0.6 is 0 Å². The molecular weight excluding hydrogens is 210 g/mol. The largest absolute Gasteiger partial charge is 0.496 e. The van der Waals surface area contributed by atoms with Gasteiger partial charge in [-0.15, -0.1) is 0 Å². The van der Waals surface area contributed by atoms with Crippen molar-refractivity contribution in [3.63, 3.8) is 0 Å². The minimum Gasteiger partial charge on any atom is -0.496 e. The van der Waals surface area contributed by atoms with Gasteiger partial charge < -0.3 is 10.5 Å². The van der Waals surface area contributed by atoms with E-state index in [2.05, 4.69) is 25.1 Å². The molecule has 2 nitrogen and oxygen atoms in total. The van der Waals surface area contributed by atoms with Crippen molar-refractivity contribution in [3.8, 4) is 5.75 Å². The highest BCUT2D eigenvalue weighted by Crippen LogP contribution is 2.37. The average Bonchev–Trinajstić information content (AvgIpc) is 2.38. The Morgan fingerprint density at radius 1 is 1.24 bits per heavy atom. The van der Waals surface area contributed by atoms with Crippen LogP contribution in [0.3, 0.4) is 0 Å². The maximum absolute atomic E-state index is 6.44. The highest BCUT2D eigenvalue weighted by Gasteiger charge is 2.24. The number of para-hydroxylation sites is 1. The zero-order chi connectivity index (χ0) is 12.3. The Morgan fingerprint density at radius 2 is 1.94 bits per heavy atom. The van der Waals surface area contributed by atoms with Crippen LogP contribution in [0, 0.1) is 12.8 Å². The summed E-state index contributed by atoms with van der Waals surface area (Å²) in [5.74, 6) is 1.60. The Morgan fingerprint density at radius 3 is 2.59 bits per heavy atom. The van der Waals surface area contributed by atoms with Crippen LogP contribution in [-0.4, -0.2) is 7.11 Å². The molecule has 0 heterocycles. The summed E-state index contributed by atoms with van der Waals surface area (Å²) in [7, 11) is 1.74. The molecule has 1 aromatic rings. The van der Waals surface area contributed by atoms with Crippen LogP contribution in [0.15, 0.2) is 18.2 Å². The topological polar surface area (TPSA) is 35.2 Å². The van der Waals surface area contributed by atoms with Crippen LogP contribution < -0.4 is 10.5 Å². The van der Waals surface area contributed by atoms with Crippen LogP contribution in [0.4, 0.5) is 0 Å². The molecule has 1 aliphatic rings. The van der Waals surface area contributed by atoms with Crippen molar-refractivity contribution in [3.05, 3.63) is 29.3 Å². The predicted molar refractivity (Wildman–Crippen MR) is 71.2 cm³/mol. The summed E-state index contributed by atoms with van der Waals surface area (Å²) in [6, 6.07) is 6.40. The molecule has 1 aliphatic carbocycles. The van der Waals surface area contributed by atoms with Gasteiger partial charge >= 0.3 is 0 Å². The SMILES string of the molecule is COc1c(C)cccc1C(N)C1CCCCC1. The van der Waals surface area contributed by atoms with Gasteiger partial charge in [0.25, 0.3) is 0 Å². The second kappa shape index (κ2) is 5.54. The van der Waals surface area contributed by atoms with Gasteiger partial charge in [-0.1, -0.05) is 37.5 Å². The Balaban J connectivity index is 2.23. The Bertz CT molecular complexity index is 369. The lowest BCUT2D eigenvalue weighted by atomic mass is 9.81. The summed E-state index contributed by atoms with van der Waals surface area (Å²) in [5, 5.41) is 0. The van der Waals surface area contributed by atoms with Crippen molar-refractivity contribution in [2.75, 3.05) is 7.11 Å². The lowest BCUT2D eigenvalue weighted by Gasteiger charge is -2.29. The number of rotatable bonds is 3. The summed E-state index contributed by atoms with van der Waals surface area (Å²) in [6.07, 6.45) is 6.55. The van der Waals surface area contributed by atoms with Gasteiger partial charge in [0.15, 0.2) is 0 Å².